The van der Waals surface area contributed by atoms with Crippen LogP contribution in [0.25, 0.3) is 0 Å². The number of halogens is 1. The molecule has 6 heteroatoms. The van der Waals surface area contributed by atoms with Crippen LogP contribution in [-0.4, -0.2) is 35.3 Å². The van der Waals surface area contributed by atoms with E-state index in [2.05, 4.69) is 29.2 Å². The first-order chi connectivity index (χ1) is 8.71. The molecule has 0 aliphatic rings. The Kier molecular flexibility index (Phi) is 7.42. The molecule has 0 aliphatic heterocycles. The lowest BCUT2D eigenvalue weighted by Gasteiger charge is -2.17. The van der Waals surface area contributed by atoms with Gasteiger partial charge in [0, 0.05) is 18.1 Å². The molecule has 1 aromatic rings. The quantitative estimate of drug-likeness (QED) is 0.437. The molecular formula is C12H21ClN4S. The lowest BCUT2D eigenvalue weighted by Crippen LogP contribution is -2.25. The van der Waals surface area contributed by atoms with Crippen LogP contribution in [0.5, 0.6) is 0 Å². The molecule has 4 nitrogen and oxygen atoms in total. The minimum Gasteiger partial charge on any atom is -0.308 e. The number of nitrogens with one attached hydrogen (secondary N) is 1. The fourth-order valence-corrected chi connectivity index (χ4v) is 2.76. The van der Waals surface area contributed by atoms with Crippen LogP contribution in [0.3, 0.4) is 0 Å². The van der Waals surface area contributed by atoms with Gasteiger partial charge in [-0.05, 0) is 25.2 Å². The van der Waals surface area contributed by atoms with Gasteiger partial charge in [0.15, 0.2) is 0 Å². The van der Waals surface area contributed by atoms with E-state index in [4.69, 9.17) is 17.4 Å². The van der Waals surface area contributed by atoms with E-state index in [1.165, 1.54) is 0 Å². The second-order valence-corrected chi connectivity index (χ2v) is 5.36. The predicted molar refractivity (Wildman–Crippen MR) is 81.0 cm³/mol. The normalized spacial score (nSPS) is 10.9. The van der Waals surface area contributed by atoms with Crippen LogP contribution in [0.4, 0.5) is 5.82 Å². The highest BCUT2D eigenvalue weighted by atomic mass is 35.5. The Morgan fingerprint density at radius 3 is 2.72 bits per heavy atom. The highest BCUT2D eigenvalue weighted by molar-refractivity contribution is 7.98. The van der Waals surface area contributed by atoms with Gasteiger partial charge in [0.2, 0.25) is 0 Å². The van der Waals surface area contributed by atoms with Gasteiger partial charge in [-0.15, -0.1) is 0 Å². The van der Waals surface area contributed by atoms with Crippen molar-refractivity contribution in [2.75, 3.05) is 30.8 Å². The molecule has 0 bridgehead atoms. The van der Waals surface area contributed by atoms with Gasteiger partial charge < -0.3 is 10.3 Å². The topological polar surface area (TPSA) is 54.2 Å². The van der Waals surface area contributed by atoms with Crippen LogP contribution in [0, 0.1) is 0 Å². The van der Waals surface area contributed by atoms with Crippen LogP contribution in [-0.2, 0) is 5.75 Å². The molecule has 0 aliphatic carbocycles. The second-order valence-electron chi connectivity index (χ2n) is 3.85. The molecule has 1 aromatic heterocycles. The molecule has 0 radical (unpaired) electrons. The Morgan fingerprint density at radius 1 is 1.39 bits per heavy atom. The molecule has 0 amide bonds. The first-order valence-electron chi connectivity index (χ1n) is 6.13. The standard InChI is InChI=1S/C12H21ClN4S/c1-3-17(4-2)7-8-18-9-11-10(13)5-6-12(15-11)16-14/h5-6H,3-4,7-9,14H2,1-2H3,(H,15,16). The van der Waals surface area contributed by atoms with Crippen LogP contribution in [0.1, 0.15) is 19.5 Å². The van der Waals surface area contributed by atoms with Gasteiger partial charge in [0.1, 0.15) is 5.82 Å². The van der Waals surface area contributed by atoms with E-state index in [9.17, 15) is 0 Å². The summed E-state index contributed by atoms with van der Waals surface area (Å²) in [6.45, 7) is 7.67. The Balaban J connectivity index is 2.39. The number of nitrogens with zero attached hydrogens (tertiary/aromatic N) is 2. The zero-order valence-electron chi connectivity index (χ0n) is 10.9. The summed E-state index contributed by atoms with van der Waals surface area (Å²) in [7, 11) is 0. The van der Waals surface area contributed by atoms with E-state index in [1.54, 1.807) is 6.07 Å². The van der Waals surface area contributed by atoms with Gasteiger partial charge in [0.25, 0.3) is 0 Å². The molecule has 102 valence electrons. The third-order valence-corrected chi connectivity index (χ3v) is 4.04. The number of hydrogen-bond acceptors (Lipinski definition) is 5. The molecule has 1 rings (SSSR count). The lowest BCUT2D eigenvalue weighted by atomic mass is 10.4. The van der Waals surface area contributed by atoms with Gasteiger partial charge in [0.05, 0.1) is 10.7 Å². The third-order valence-electron chi connectivity index (χ3n) is 2.75. The summed E-state index contributed by atoms with van der Waals surface area (Å²) < 4.78 is 0. The number of thioether (sulfide) groups is 1. The van der Waals surface area contributed by atoms with Crippen molar-refractivity contribution in [3.63, 3.8) is 0 Å². The average molecular weight is 289 g/mol. The zero-order valence-corrected chi connectivity index (χ0v) is 12.5. The Hall–Kier alpha value is -0.490. The van der Waals surface area contributed by atoms with Crippen molar-refractivity contribution in [2.24, 2.45) is 5.84 Å². The van der Waals surface area contributed by atoms with Gasteiger partial charge in [-0.25, -0.2) is 10.8 Å². The van der Waals surface area contributed by atoms with E-state index in [0.717, 1.165) is 36.8 Å². The molecular weight excluding hydrogens is 268 g/mol. The molecule has 0 saturated carbocycles. The number of pyridine rings is 1. The van der Waals surface area contributed by atoms with Crippen molar-refractivity contribution in [1.82, 2.24) is 9.88 Å². The summed E-state index contributed by atoms with van der Waals surface area (Å²) >= 11 is 7.94. The molecule has 0 atom stereocenters. The molecule has 0 saturated heterocycles. The molecule has 0 fully saturated rings. The minimum atomic E-state index is 0.652. The highest BCUT2D eigenvalue weighted by Gasteiger charge is 2.05. The number of hydrazine groups is 1. The first kappa shape index (κ1) is 15.6. The maximum atomic E-state index is 6.09. The smallest absolute Gasteiger partial charge is 0.140 e. The minimum absolute atomic E-state index is 0.652. The molecule has 0 unspecified atom stereocenters. The molecule has 1 heterocycles. The largest absolute Gasteiger partial charge is 0.308 e. The van der Waals surface area contributed by atoms with Gasteiger partial charge in [-0.2, -0.15) is 11.8 Å². The van der Waals surface area contributed by atoms with Crippen molar-refractivity contribution in [3.8, 4) is 0 Å². The average Bonchev–Trinajstić information content (AvgIpc) is 2.41. The number of hydrogen-bond donors (Lipinski definition) is 2. The summed E-state index contributed by atoms with van der Waals surface area (Å²) in [4.78, 5) is 6.75. The number of rotatable bonds is 8. The number of nitrogen functional groups attached to an aromatic ring is 1. The van der Waals surface area contributed by atoms with Crippen molar-refractivity contribution >= 4 is 29.2 Å². The SMILES string of the molecule is CCN(CC)CCSCc1nc(NN)ccc1Cl. The van der Waals surface area contributed by atoms with Crippen LogP contribution in [0.15, 0.2) is 12.1 Å². The number of nitrogens with two attached hydrogens (primary N) is 1. The predicted octanol–water partition coefficient (Wildman–Crippen LogP) is 2.60. The third kappa shape index (κ3) is 5.02. The lowest BCUT2D eigenvalue weighted by molar-refractivity contribution is 0.324. The van der Waals surface area contributed by atoms with E-state index < -0.39 is 0 Å². The first-order valence-corrected chi connectivity index (χ1v) is 7.66. The number of aromatic nitrogens is 1. The maximum Gasteiger partial charge on any atom is 0.140 e. The molecule has 0 spiro atoms. The highest BCUT2D eigenvalue weighted by Crippen LogP contribution is 2.21. The van der Waals surface area contributed by atoms with Crippen LogP contribution >= 0.6 is 23.4 Å². The Bertz CT molecular complexity index is 358. The summed E-state index contributed by atoms with van der Waals surface area (Å²) in [5.74, 6) is 7.88. The summed E-state index contributed by atoms with van der Waals surface area (Å²) in [5.41, 5.74) is 3.42. The molecule has 18 heavy (non-hydrogen) atoms. The Labute approximate surface area is 118 Å². The van der Waals surface area contributed by atoms with E-state index >= 15 is 0 Å². The fourth-order valence-electron chi connectivity index (χ4n) is 1.57. The van der Waals surface area contributed by atoms with Gasteiger partial charge in [-0.3, -0.25) is 0 Å². The molecule has 0 aromatic carbocycles. The van der Waals surface area contributed by atoms with E-state index in [0.29, 0.717) is 10.8 Å². The van der Waals surface area contributed by atoms with Gasteiger partial charge >= 0.3 is 0 Å². The van der Waals surface area contributed by atoms with Crippen molar-refractivity contribution < 1.29 is 0 Å². The summed E-state index contributed by atoms with van der Waals surface area (Å²) in [6, 6.07) is 3.59. The summed E-state index contributed by atoms with van der Waals surface area (Å²) in [5, 5.41) is 0.698. The Morgan fingerprint density at radius 2 is 2.11 bits per heavy atom. The maximum absolute atomic E-state index is 6.09. The van der Waals surface area contributed by atoms with Crippen molar-refractivity contribution in [3.05, 3.63) is 22.8 Å². The molecule has 3 N–H and O–H groups in total. The van der Waals surface area contributed by atoms with Crippen LogP contribution < -0.4 is 11.3 Å². The van der Waals surface area contributed by atoms with Crippen molar-refractivity contribution in [1.29, 1.82) is 0 Å². The fraction of sp³-hybridized carbons (Fsp3) is 0.583. The van der Waals surface area contributed by atoms with E-state index in [1.807, 2.05) is 17.8 Å². The second kappa shape index (κ2) is 8.58. The van der Waals surface area contributed by atoms with E-state index in [-0.39, 0.29) is 0 Å². The zero-order chi connectivity index (χ0) is 13.4. The summed E-state index contributed by atoms with van der Waals surface area (Å²) in [6.07, 6.45) is 0. The monoisotopic (exact) mass is 288 g/mol. The van der Waals surface area contributed by atoms with Gasteiger partial charge in [-0.1, -0.05) is 25.4 Å². The van der Waals surface area contributed by atoms with Crippen molar-refractivity contribution in [2.45, 2.75) is 19.6 Å². The van der Waals surface area contributed by atoms with Crippen LogP contribution in [0.2, 0.25) is 5.02 Å². The number of anilines is 1.